The van der Waals surface area contributed by atoms with Crippen LogP contribution in [-0.2, 0) is 14.6 Å². The van der Waals surface area contributed by atoms with E-state index < -0.39 is 15.1 Å². The summed E-state index contributed by atoms with van der Waals surface area (Å²) in [4.78, 5) is 12.5. The number of hydrogen-bond donors (Lipinski definition) is 1. The van der Waals surface area contributed by atoms with Gasteiger partial charge < -0.3 is 5.32 Å². The van der Waals surface area contributed by atoms with E-state index >= 15 is 0 Å². The summed E-state index contributed by atoms with van der Waals surface area (Å²) in [5.41, 5.74) is 1.79. The molecule has 0 bridgehead atoms. The largest absolute Gasteiger partial charge is 0.354 e. The Morgan fingerprint density at radius 3 is 2.46 bits per heavy atom. The SMILES string of the molecule is Cc1ccc([C@@H](CNC(=O)C2CCCCC2)S(=O)(=O)c2cccs2)cc1. The first-order valence-electron chi connectivity index (χ1n) is 9.10. The van der Waals surface area contributed by atoms with Crippen LogP contribution in [0.3, 0.4) is 0 Å². The van der Waals surface area contributed by atoms with Crippen LogP contribution >= 0.6 is 11.3 Å². The van der Waals surface area contributed by atoms with E-state index in [1.807, 2.05) is 31.2 Å². The third-order valence-electron chi connectivity index (χ3n) is 5.04. The van der Waals surface area contributed by atoms with Crippen molar-refractivity contribution in [1.82, 2.24) is 5.32 Å². The van der Waals surface area contributed by atoms with Crippen molar-refractivity contribution >= 4 is 27.1 Å². The zero-order valence-electron chi connectivity index (χ0n) is 15.0. The van der Waals surface area contributed by atoms with Crippen LogP contribution in [0.25, 0.3) is 0 Å². The van der Waals surface area contributed by atoms with Crippen LogP contribution in [0, 0.1) is 12.8 Å². The number of carbonyl (C=O) groups is 1. The normalized spacial score (nSPS) is 17.0. The van der Waals surface area contributed by atoms with E-state index in [2.05, 4.69) is 5.32 Å². The molecule has 1 saturated carbocycles. The molecule has 1 N–H and O–H groups in total. The fourth-order valence-corrected chi connectivity index (χ4v) is 6.32. The number of nitrogens with one attached hydrogen (secondary N) is 1. The Bertz CT molecular complexity index is 820. The molecule has 0 aliphatic heterocycles. The maximum atomic E-state index is 13.1. The molecule has 1 aliphatic rings. The number of hydrogen-bond acceptors (Lipinski definition) is 4. The molecule has 6 heteroatoms. The van der Waals surface area contributed by atoms with Gasteiger partial charge in [0, 0.05) is 12.5 Å². The summed E-state index contributed by atoms with van der Waals surface area (Å²) >= 11 is 1.22. The number of benzene rings is 1. The first-order chi connectivity index (χ1) is 12.5. The number of aryl methyl sites for hydroxylation is 1. The Morgan fingerprint density at radius 1 is 1.15 bits per heavy atom. The maximum Gasteiger partial charge on any atom is 0.223 e. The number of carbonyl (C=O) groups excluding carboxylic acids is 1. The minimum absolute atomic E-state index is 0.0109. The molecule has 1 atom stereocenters. The molecule has 3 rings (SSSR count). The van der Waals surface area contributed by atoms with Crippen molar-refractivity contribution in [1.29, 1.82) is 0 Å². The van der Waals surface area contributed by atoms with Crippen molar-refractivity contribution in [2.45, 2.75) is 48.5 Å². The topological polar surface area (TPSA) is 63.2 Å². The Hall–Kier alpha value is -1.66. The van der Waals surface area contributed by atoms with Gasteiger partial charge in [-0.2, -0.15) is 0 Å². The predicted octanol–water partition coefficient (Wildman–Crippen LogP) is 4.27. The first kappa shape index (κ1) is 19.1. The average molecular weight is 392 g/mol. The second-order valence-electron chi connectivity index (χ2n) is 6.96. The molecule has 1 heterocycles. The minimum atomic E-state index is -3.55. The van der Waals surface area contributed by atoms with Crippen molar-refractivity contribution < 1.29 is 13.2 Å². The lowest BCUT2D eigenvalue weighted by atomic mass is 9.88. The van der Waals surface area contributed by atoms with E-state index in [4.69, 9.17) is 0 Å². The summed E-state index contributed by atoms with van der Waals surface area (Å²) in [6.45, 7) is 2.08. The summed E-state index contributed by atoms with van der Waals surface area (Å²) in [6, 6.07) is 10.9. The van der Waals surface area contributed by atoms with Crippen LogP contribution in [0.15, 0.2) is 46.0 Å². The van der Waals surface area contributed by atoms with Gasteiger partial charge in [-0.15, -0.1) is 11.3 Å². The fraction of sp³-hybridized carbons (Fsp3) is 0.450. The predicted molar refractivity (Wildman–Crippen MR) is 105 cm³/mol. The van der Waals surface area contributed by atoms with E-state index in [1.54, 1.807) is 17.5 Å². The summed E-state index contributed by atoms with van der Waals surface area (Å²) < 4.78 is 26.6. The van der Waals surface area contributed by atoms with Crippen LogP contribution in [-0.4, -0.2) is 20.9 Å². The molecule has 0 unspecified atom stereocenters. The lowest BCUT2D eigenvalue weighted by Gasteiger charge is -2.23. The molecular weight excluding hydrogens is 366 g/mol. The molecule has 0 radical (unpaired) electrons. The Balaban J connectivity index is 1.81. The molecule has 1 aromatic heterocycles. The van der Waals surface area contributed by atoms with Crippen LogP contribution in [0.2, 0.25) is 0 Å². The highest BCUT2D eigenvalue weighted by molar-refractivity contribution is 7.93. The van der Waals surface area contributed by atoms with E-state index in [0.717, 1.165) is 31.2 Å². The molecule has 0 saturated heterocycles. The zero-order valence-corrected chi connectivity index (χ0v) is 16.6. The lowest BCUT2D eigenvalue weighted by Crippen LogP contribution is -2.36. The summed E-state index contributed by atoms with van der Waals surface area (Å²) in [7, 11) is -3.55. The summed E-state index contributed by atoms with van der Waals surface area (Å²) in [6.07, 6.45) is 5.14. The van der Waals surface area contributed by atoms with Gasteiger partial charge in [-0.3, -0.25) is 4.79 Å². The van der Waals surface area contributed by atoms with Crippen molar-refractivity contribution in [2.75, 3.05) is 6.54 Å². The van der Waals surface area contributed by atoms with E-state index in [9.17, 15) is 13.2 Å². The van der Waals surface area contributed by atoms with Crippen molar-refractivity contribution in [3.63, 3.8) is 0 Å². The van der Waals surface area contributed by atoms with Gasteiger partial charge in [0.15, 0.2) is 9.84 Å². The number of sulfone groups is 1. The molecule has 1 aliphatic carbocycles. The summed E-state index contributed by atoms with van der Waals surface area (Å²) in [5.74, 6) is 0.00931. The van der Waals surface area contributed by atoms with E-state index in [-0.39, 0.29) is 18.4 Å². The average Bonchev–Trinajstić information content (AvgIpc) is 3.19. The zero-order chi connectivity index (χ0) is 18.6. The lowest BCUT2D eigenvalue weighted by molar-refractivity contribution is -0.125. The maximum absolute atomic E-state index is 13.1. The van der Waals surface area contributed by atoms with Gasteiger partial charge in [0.1, 0.15) is 9.46 Å². The van der Waals surface area contributed by atoms with Crippen molar-refractivity contribution in [3.8, 4) is 0 Å². The molecule has 1 fully saturated rings. The third-order valence-corrected chi connectivity index (χ3v) is 8.57. The fourth-order valence-electron chi connectivity index (χ4n) is 3.46. The minimum Gasteiger partial charge on any atom is -0.354 e. The van der Waals surface area contributed by atoms with Crippen molar-refractivity contribution in [2.24, 2.45) is 5.92 Å². The standard InChI is InChI=1S/C20H25NO3S2/c1-15-9-11-16(12-10-15)18(26(23,24)19-8-5-13-25-19)14-21-20(22)17-6-3-2-4-7-17/h5,8-13,17-18H,2-4,6-7,14H2,1H3,(H,21,22)/t18-/m1/s1. The smallest absolute Gasteiger partial charge is 0.223 e. The first-order valence-corrected chi connectivity index (χ1v) is 11.5. The number of thiophene rings is 1. The monoisotopic (exact) mass is 391 g/mol. The Kier molecular flexibility index (Phi) is 6.14. The van der Waals surface area contributed by atoms with E-state index in [1.165, 1.54) is 17.8 Å². The molecule has 140 valence electrons. The molecular formula is C20H25NO3S2. The number of rotatable bonds is 6. The molecule has 1 aromatic carbocycles. The van der Waals surface area contributed by atoms with Crippen LogP contribution < -0.4 is 5.32 Å². The molecule has 1 amide bonds. The van der Waals surface area contributed by atoms with E-state index in [0.29, 0.717) is 9.77 Å². The molecule has 26 heavy (non-hydrogen) atoms. The highest BCUT2D eigenvalue weighted by Crippen LogP contribution is 2.32. The summed E-state index contributed by atoms with van der Waals surface area (Å²) in [5, 5.41) is 3.91. The Labute approximate surface area is 159 Å². The Morgan fingerprint density at radius 2 is 1.85 bits per heavy atom. The quantitative estimate of drug-likeness (QED) is 0.800. The second-order valence-corrected chi connectivity index (χ2v) is 10.3. The second kappa shape index (κ2) is 8.35. The van der Waals surface area contributed by atoms with Gasteiger partial charge in [-0.25, -0.2) is 8.42 Å². The van der Waals surface area contributed by atoms with Gasteiger partial charge in [-0.1, -0.05) is 55.2 Å². The van der Waals surface area contributed by atoms with Crippen LogP contribution in [0.5, 0.6) is 0 Å². The van der Waals surface area contributed by atoms with Gasteiger partial charge >= 0.3 is 0 Å². The van der Waals surface area contributed by atoms with Crippen molar-refractivity contribution in [3.05, 3.63) is 52.9 Å². The third kappa shape index (κ3) is 4.35. The molecule has 0 spiro atoms. The highest BCUT2D eigenvalue weighted by atomic mass is 32.2. The van der Waals surface area contributed by atoms with Crippen LogP contribution in [0.1, 0.15) is 48.5 Å². The van der Waals surface area contributed by atoms with Gasteiger partial charge in [0.25, 0.3) is 0 Å². The molecule has 4 nitrogen and oxygen atoms in total. The van der Waals surface area contributed by atoms with Gasteiger partial charge in [0.2, 0.25) is 5.91 Å². The van der Waals surface area contributed by atoms with Gasteiger partial charge in [-0.05, 0) is 36.8 Å². The van der Waals surface area contributed by atoms with Gasteiger partial charge in [0.05, 0.1) is 0 Å². The van der Waals surface area contributed by atoms with Crippen LogP contribution in [0.4, 0.5) is 0 Å². The number of amides is 1. The molecule has 2 aromatic rings. The highest BCUT2D eigenvalue weighted by Gasteiger charge is 2.31.